The van der Waals surface area contributed by atoms with E-state index in [9.17, 15) is 4.79 Å². The second-order valence-electron chi connectivity index (χ2n) is 6.89. The van der Waals surface area contributed by atoms with Crippen molar-refractivity contribution < 1.29 is 14.3 Å². The highest BCUT2D eigenvalue weighted by atomic mass is 16.5. The average Bonchev–Trinajstić information content (AvgIpc) is 2.93. The molecule has 1 fully saturated rings. The maximum absolute atomic E-state index is 12.7. The molecule has 0 aliphatic carbocycles. The lowest BCUT2D eigenvalue weighted by Gasteiger charge is -2.29. The molecule has 1 aliphatic rings. The van der Waals surface area contributed by atoms with E-state index in [1.54, 1.807) is 14.2 Å². The molecule has 0 radical (unpaired) electrons. The van der Waals surface area contributed by atoms with Crippen molar-refractivity contribution in [1.29, 1.82) is 0 Å². The minimum absolute atomic E-state index is 0.00339. The standard InChI is InChI=1S/C22H28N2O3/c1-26-19-12-10-17(11-13-19)21-9-4-3-5-14-24(21)16-22(25)23-18-7-6-8-20(15-18)27-2/h6-8,10-13,15,21H,3-5,9,14,16H2,1-2H3,(H,23,25)/t21-/m0/s1. The summed E-state index contributed by atoms with van der Waals surface area (Å²) in [5.41, 5.74) is 2.00. The summed E-state index contributed by atoms with van der Waals surface area (Å²) in [6.07, 6.45) is 4.59. The molecule has 0 spiro atoms. The van der Waals surface area contributed by atoms with E-state index in [1.165, 1.54) is 18.4 Å². The van der Waals surface area contributed by atoms with Crippen molar-refractivity contribution in [2.45, 2.75) is 31.7 Å². The molecular formula is C22H28N2O3. The molecule has 0 unspecified atom stereocenters. The number of carbonyl (C=O) groups excluding carboxylic acids is 1. The average molecular weight is 368 g/mol. The number of nitrogens with one attached hydrogen (secondary N) is 1. The Morgan fingerprint density at radius 1 is 1.04 bits per heavy atom. The van der Waals surface area contributed by atoms with Crippen LogP contribution in [0.1, 0.15) is 37.3 Å². The van der Waals surface area contributed by atoms with E-state index in [0.29, 0.717) is 6.54 Å². The molecule has 3 rings (SSSR count). The molecule has 2 aromatic rings. The molecule has 1 atom stereocenters. The number of ether oxygens (including phenoxy) is 2. The van der Waals surface area contributed by atoms with Crippen LogP contribution < -0.4 is 14.8 Å². The first-order valence-corrected chi connectivity index (χ1v) is 9.51. The molecule has 1 amide bonds. The molecule has 5 nitrogen and oxygen atoms in total. The van der Waals surface area contributed by atoms with Crippen molar-refractivity contribution in [3.05, 3.63) is 54.1 Å². The monoisotopic (exact) mass is 368 g/mol. The SMILES string of the molecule is COc1ccc([C@@H]2CCCCCN2CC(=O)Nc2cccc(OC)c2)cc1. The molecule has 0 aromatic heterocycles. The quantitative estimate of drug-likeness (QED) is 0.828. The molecule has 144 valence electrons. The third-order valence-electron chi connectivity index (χ3n) is 5.06. The van der Waals surface area contributed by atoms with Crippen LogP contribution in [-0.2, 0) is 4.79 Å². The first-order chi connectivity index (χ1) is 13.2. The van der Waals surface area contributed by atoms with Crippen molar-refractivity contribution in [2.75, 3.05) is 32.6 Å². The van der Waals surface area contributed by atoms with Gasteiger partial charge in [0.15, 0.2) is 0 Å². The van der Waals surface area contributed by atoms with Gasteiger partial charge in [0.05, 0.1) is 20.8 Å². The van der Waals surface area contributed by atoms with Crippen molar-refractivity contribution in [1.82, 2.24) is 4.90 Å². The third kappa shape index (κ3) is 5.23. The number of nitrogens with zero attached hydrogens (tertiary/aromatic N) is 1. The molecule has 27 heavy (non-hydrogen) atoms. The summed E-state index contributed by atoms with van der Waals surface area (Å²) in [5, 5.41) is 2.99. The Hall–Kier alpha value is -2.53. The van der Waals surface area contributed by atoms with E-state index >= 15 is 0 Å². The van der Waals surface area contributed by atoms with Gasteiger partial charge in [0, 0.05) is 17.8 Å². The van der Waals surface area contributed by atoms with Crippen LogP contribution in [0.25, 0.3) is 0 Å². The minimum atomic E-state index is 0.00339. The first-order valence-electron chi connectivity index (χ1n) is 9.51. The third-order valence-corrected chi connectivity index (χ3v) is 5.06. The normalized spacial score (nSPS) is 17.8. The van der Waals surface area contributed by atoms with Crippen molar-refractivity contribution in [3.63, 3.8) is 0 Å². The number of likely N-dealkylation sites (tertiary alicyclic amines) is 1. The van der Waals surface area contributed by atoms with Gasteiger partial charge < -0.3 is 14.8 Å². The highest BCUT2D eigenvalue weighted by molar-refractivity contribution is 5.92. The Morgan fingerprint density at radius 3 is 2.56 bits per heavy atom. The number of hydrogen-bond acceptors (Lipinski definition) is 4. The van der Waals surface area contributed by atoms with Gasteiger partial charge in [0.25, 0.3) is 0 Å². The molecule has 1 aliphatic heterocycles. The van der Waals surface area contributed by atoms with Gasteiger partial charge in [-0.05, 0) is 49.2 Å². The summed E-state index contributed by atoms with van der Waals surface area (Å²) < 4.78 is 10.5. The van der Waals surface area contributed by atoms with Gasteiger partial charge in [-0.3, -0.25) is 9.69 Å². The zero-order chi connectivity index (χ0) is 19.1. The van der Waals surface area contributed by atoms with E-state index in [2.05, 4.69) is 22.3 Å². The highest BCUT2D eigenvalue weighted by Gasteiger charge is 2.24. The maximum atomic E-state index is 12.7. The second-order valence-corrected chi connectivity index (χ2v) is 6.89. The number of anilines is 1. The van der Waals surface area contributed by atoms with Gasteiger partial charge in [-0.15, -0.1) is 0 Å². The Morgan fingerprint density at radius 2 is 1.81 bits per heavy atom. The second kappa shape index (κ2) is 9.42. The fraction of sp³-hybridized carbons (Fsp3) is 0.409. The van der Waals surface area contributed by atoms with Crippen LogP contribution in [0.3, 0.4) is 0 Å². The van der Waals surface area contributed by atoms with Crippen LogP contribution in [0.2, 0.25) is 0 Å². The van der Waals surface area contributed by atoms with Crippen LogP contribution in [0.4, 0.5) is 5.69 Å². The van der Waals surface area contributed by atoms with Crippen molar-refractivity contribution in [2.24, 2.45) is 0 Å². The number of methoxy groups -OCH3 is 2. The van der Waals surface area contributed by atoms with Crippen LogP contribution in [0, 0.1) is 0 Å². The first kappa shape index (κ1) is 19.2. The Labute approximate surface area is 161 Å². The van der Waals surface area contributed by atoms with Crippen LogP contribution in [-0.4, -0.2) is 38.1 Å². The summed E-state index contributed by atoms with van der Waals surface area (Å²) in [7, 11) is 3.30. The van der Waals surface area contributed by atoms with E-state index in [1.807, 2.05) is 36.4 Å². The maximum Gasteiger partial charge on any atom is 0.238 e. The summed E-state index contributed by atoms with van der Waals surface area (Å²) in [5.74, 6) is 1.59. The fourth-order valence-corrected chi connectivity index (χ4v) is 3.65. The van der Waals surface area contributed by atoms with Crippen molar-refractivity contribution in [3.8, 4) is 11.5 Å². The van der Waals surface area contributed by atoms with Crippen LogP contribution >= 0.6 is 0 Å². The smallest absolute Gasteiger partial charge is 0.238 e. The Kier molecular flexibility index (Phi) is 6.71. The Bertz CT molecular complexity index is 745. The topological polar surface area (TPSA) is 50.8 Å². The lowest BCUT2D eigenvalue weighted by molar-refractivity contribution is -0.117. The molecule has 0 saturated carbocycles. The summed E-state index contributed by atoms with van der Waals surface area (Å²) in [6, 6.07) is 15.9. The van der Waals surface area contributed by atoms with E-state index in [4.69, 9.17) is 9.47 Å². The molecule has 1 N–H and O–H groups in total. The zero-order valence-corrected chi connectivity index (χ0v) is 16.1. The predicted octanol–water partition coefficient (Wildman–Crippen LogP) is 4.26. The lowest BCUT2D eigenvalue weighted by atomic mass is 10.0. The fourth-order valence-electron chi connectivity index (χ4n) is 3.65. The summed E-state index contributed by atoms with van der Waals surface area (Å²) in [6.45, 7) is 1.32. The van der Waals surface area contributed by atoms with Crippen LogP contribution in [0.15, 0.2) is 48.5 Å². The number of rotatable bonds is 6. The summed E-state index contributed by atoms with van der Waals surface area (Å²) >= 11 is 0. The summed E-state index contributed by atoms with van der Waals surface area (Å²) in [4.78, 5) is 15.0. The number of hydrogen-bond donors (Lipinski definition) is 1. The molecular weight excluding hydrogens is 340 g/mol. The molecule has 5 heteroatoms. The van der Waals surface area contributed by atoms with Crippen LogP contribution in [0.5, 0.6) is 11.5 Å². The van der Waals surface area contributed by atoms with Gasteiger partial charge in [-0.1, -0.05) is 31.0 Å². The predicted molar refractivity (Wildman–Crippen MR) is 107 cm³/mol. The van der Waals surface area contributed by atoms with E-state index in [0.717, 1.165) is 36.6 Å². The number of amides is 1. The molecule has 1 heterocycles. The van der Waals surface area contributed by atoms with E-state index in [-0.39, 0.29) is 11.9 Å². The van der Waals surface area contributed by atoms with Gasteiger partial charge >= 0.3 is 0 Å². The number of benzene rings is 2. The lowest BCUT2D eigenvalue weighted by Crippen LogP contribution is -2.36. The molecule has 0 bridgehead atoms. The molecule has 2 aromatic carbocycles. The van der Waals surface area contributed by atoms with Crippen molar-refractivity contribution >= 4 is 11.6 Å². The number of carbonyl (C=O) groups is 1. The molecule has 1 saturated heterocycles. The minimum Gasteiger partial charge on any atom is -0.497 e. The zero-order valence-electron chi connectivity index (χ0n) is 16.1. The van der Waals surface area contributed by atoms with Gasteiger partial charge in [-0.2, -0.15) is 0 Å². The van der Waals surface area contributed by atoms with Gasteiger partial charge in [0.1, 0.15) is 11.5 Å². The largest absolute Gasteiger partial charge is 0.497 e. The highest BCUT2D eigenvalue weighted by Crippen LogP contribution is 2.31. The van der Waals surface area contributed by atoms with E-state index < -0.39 is 0 Å². The Balaban J connectivity index is 1.69. The van der Waals surface area contributed by atoms with Gasteiger partial charge in [-0.25, -0.2) is 0 Å². The van der Waals surface area contributed by atoms with Gasteiger partial charge in [0.2, 0.25) is 5.91 Å².